The number of hydrogen-bond donors (Lipinski definition) is 0. The molecule has 2 unspecified atom stereocenters. The Balaban J connectivity index is 2.13. The summed E-state index contributed by atoms with van der Waals surface area (Å²) in [5.41, 5.74) is 0.675. The lowest BCUT2D eigenvalue weighted by Gasteiger charge is -2.39. The fourth-order valence-electron chi connectivity index (χ4n) is 2.53. The molecule has 1 saturated heterocycles. The van der Waals surface area contributed by atoms with Crippen molar-refractivity contribution in [2.24, 2.45) is 5.92 Å². The molecule has 0 radical (unpaired) electrons. The van der Waals surface area contributed by atoms with Crippen molar-refractivity contribution in [3.05, 3.63) is 23.8 Å². The molecular weight excluding hydrogens is 242 g/mol. The largest absolute Gasteiger partial charge is 0.444 e. The van der Waals surface area contributed by atoms with Crippen LogP contribution in [0.25, 0.3) is 0 Å². The Morgan fingerprint density at radius 2 is 2.21 bits per heavy atom. The van der Waals surface area contributed by atoms with Crippen LogP contribution in [-0.2, 0) is 9.53 Å². The average molecular weight is 263 g/mol. The van der Waals surface area contributed by atoms with Gasteiger partial charge in [-0.3, -0.25) is 4.90 Å². The minimum Gasteiger partial charge on any atom is -0.444 e. The molecule has 2 aliphatic rings. The summed E-state index contributed by atoms with van der Waals surface area (Å²) in [6.45, 7) is 5.98. The minimum atomic E-state index is -0.539. The number of rotatable bonds is 1. The van der Waals surface area contributed by atoms with E-state index in [2.05, 4.69) is 6.08 Å². The van der Waals surface area contributed by atoms with Crippen LogP contribution in [0.15, 0.2) is 23.8 Å². The predicted octanol–water partition coefficient (Wildman–Crippen LogP) is 2.70. The van der Waals surface area contributed by atoms with Gasteiger partial charge in [-0.1, -0.05) is 18.2 Å². The number of piperidine rings is 1. The van der Waals surface area contributed by atoms with Gasteiger partial charge in [0.25, 0.3) is 0 Å². The van der Waals surface area contributed by atoms with Crippen molar-refractivity contribution in [1.29, 1.82) is 0 Å². The van der Waals surface area contributed by atoms with E-state index in [0.29, 0.717) is 18.9 Å². The van der Waals surface area contributed by atoms with Crippen LogP contribution >= 0.6 is 0 Å². The Hall–Kier alpha value is -1.58. The molecular formula is C15H21NO3. The van der Waals surface area contributed by atoms with E-state index in [-0.39, 0.29) is 6.04 Å². The van der Waals surface area contributed by atoms with Gasteiger partial charge >= 0.3 is 6.09 Å². The summed E-state index contributed by atoms with van der Waals surface area (Å²) in [6.07, 6.45) is 8.28. The van der Waals surface area contributed by atoms with Crippen molar-refractivity contribution in [2.75, 3.05) is 6.54 Å². The van der Waals surface area contributed by atoms with Gasteiger partial charge in [0.2, 0.25) is 0 Å². The van der Waals surface area contributed by atoms with Crippen molar-refractivity contribution in [3.8, 4) is 0 Å². The van der Waals surface area contributed by atoms with Crippen molar-refractivity contribution >= 4 is 12.4 Å². The van der Waals surface area contributed by atoms with Gasteiger partial charge in [0.1, 0.15) is 11.9 Å². The summed E-state index contributed by atoms with van der Waals surface area (Å²) in [6, 6.07) is -0.372. The first-order valence-corrected chi connectivity index (χ1v) is 6.71. The Bertz CT molecular complexity index is 431. The minimum absolute atomic E-state index is 0.372. The molecule has 2 atom stereocenters. The van der Waals surface area contributed by atoms with Gasteiger partial charge in [0, 0.05) is 6.54 Å². The van der Waals surface area contributed by atoms with Gasteiger partial charge in [0.05, 0.1) is 6.04 Å². The fourth-order valence-corrected chi connectivity index (χ4v) is 2.53. The third kappa shape index (κ3) is 3.25. The number of aldehydes is 1. The monoisotopic (exact) mass is 263 g/mol. The molecule has 0 aromatic carbocycles. The van der Waals surface area contributed by atoms with Crippen molar-refractivity contribution in [3.63, 3.8) is 0 Å². The number of allylic oxidation sites excluding steroid dienone is 3. The summed E-state index contributed by atoms with van der Waals surface area (Å²) < 4.78 is 5.37. The Morgan fingerprint density at radius 3 is 2.84 bits per heavy atom. The zero-order valence-corrected chi connectivity index (χ0v) is 11.8. The van der Waals surface area contributed by atoms with Crippen LogP contribution in [0.4, 0.5) is 4.79 Å². The zero-order valence-electron chi connectivity index (χ0n) is 11.8. The van der Waals surface area contributed by atoms with Crippen LogP contribution in [-0.4, -0.2) is 35.5 Å². The van der Waals surface area contributed by atoms with Gasteiger partial charge in [-0.25, -0.2) is 4.79 Å². The molecule has 2 rings (SSSR count). The fraction of sp³-hybridized carbons (Fsp3) is 0.600. The molecule has 0 aromatic heterocycles. The number of likely N-dealkylation sites (tertiary alicyclic amines) is 1. The number of nitrogens with zero attached hydrogens (tertiary/aromatic N) is 1. The molecule has 104 valence electrons. The molecule has 0 spiro atoms. The lowest BCUT2D eigenvalue weighted by molar-refractivity contribution is -0.113. The second-order valence-electron chi connectivity index (χ2n) is 6.15. The molecule has 0 aromatic rings. The first kappa shape index (κ1) is 13.8. The third-order valence-electron chi connectivity index (χ3n) is 3.46. The van der Waals surface area contributed by atoms with E-state index >= 15 is 0 Å². The first-order valence-electron chi connectivity index (χ1n) is 6.71. The molecule has 0 N–H and O–H groups in total. The summed E-state index contributed by atoms with van der Waals surface area (Å²) in [5, 5.41) is 0. The normalized spacial score (nSPS) is 26.5. The smallest absolute Gasteiger partial charge is 0.411 e. The van der Waals surface area contributed by atoms with Crippen molar-refractivity contribution < 1.29 is 14.3 Å². The van der Waals surface area contributed by atoms with E-state index in [1.165, 1.54) is 5.57 Å². The number of carbonyl (C=O) groups excluding carboxylic acids is 2. The van der Waals surface area contributed by atoms with Crippen LogP contribution in [0.1, 0.15) is 33.6 Å². The molecule has 0 bridgehead atoms. The summed E-state index contributed by atoms with van der Waals surface area (Å²) in [7, 11) is 0. The van der Waals surface area contributed by atoms with Crippen LogP contribution < -0.4 is 0 Å². The van der Waals surface area contributed by atoms with Gasteiger partial charge in [-0.05, 0) is 45.1 Å². The van der Waals surface area contributed by atoms with E-state index in [9.17, 15) is 9.59 Å². The molecule has 4 heteroatoms. The van der Waals surface area contributed by atoms with E-state index in [1.54, 1.807) is 4.90 Å². The first-order chi connectivity index (χ1) is 8.90. The number of amides is 1. The molecule has 4 nitrogen and oxygen atoms in total. The van der Waals surface area contributed by atoms with Crippen LogP contribution in [0.3, 0.4) is 0 Å². The summed E-state index contributed by atoms with van der Waals surface area (Å²) >= 11 is 0. The van der Waals surface area contributed by atoms with Gasteiger partial charge in [-0.2, -0.15) is 0 Å². The molecule has 1 amide bonds. The van der Waals surface area contributed by atoms with Crippen molar-refractivity contribution in [1.82, 2.24) is 4.90 Å². The van der Waals surface area contributed by atoms with E-state index in [4.69, 9.17) is 4.74 Å². The zero-order chi connectivity index (χ0) is 14.0. The number of fused-ring (bicyclic) bond motifs is 1. The Labute approximate surface area is 114 Å². The van der Waals surface area contributed by atoms with Gasteiger partial charge in [0.15, 0.2) is 0 Å². The number of ether oxygens (including phenoxy) is 1. The number of hydrogen-bond acceptors (Lipinski definition) is 3. The Kier molecular flexibility index (Phi) is 3.78. The quantitative estimate of drug-likeness (QED) is 0.683. The van der Waals surface area contributed by atoms with Gasteiger partial charge in [-0.15, -0.1) is 0 Å². The highest BCUT2D eigenvalue weighted by atomic mass is 16.6. The maximum Gasteiger partial charge on any atom is 0.411 e. The third-order valence-corrected chi connectivity index (χ3v) is 3.46. The second kappa shape index (κ2) is 5.19. The maximum absolute atomic E-state index is 12.2. The highest BCUT2D eigenvalue weighted by Gasteiger charge is 2.36. The molecule has 0 saturated carbocycles. The molecule has 1 heterocycles. The molecule has 1 aliphatic carbocycles. The topological polar surface area (TPSA) is 46.6 Å². The lowest BCUT2D eigenvalue weighted by atomic mass is 9.82. The van der Waals surface area contributed by atoms with E-state index in [0.717, 1.165) is 12.7 Å². The standard InChI is InChI=1S/C15H21NO3/c1-15(2,3)19-14(18)16-9-12-7-5-4-6-11(12)8-13(16)10-17/h4-5,7,10-11,13H,6,8-9H2,1-3H3. The predicted molar refractivity (Wildman–Crippen MR) is 72.7 cm³/mol. The van der Waals surface area contributed by atoms with E-state index < -0.39 is 11.7 Å². The summed E-state index contributed by atoms with van der Waals surface area (Å²) in [5.74, 6) is 0.388. The van der Waals surface area contributed by atoms with Crippen LogP contribution in [0.2, 0.25) is 0 Å². The molecule has 1 aliphatic heterocycles. The highest BCUT2D eigenvalue weighted by Crippen LogP contribution is 2.32. The second-order valence-corrected chi connectivity index (χ2v) is 6.15. The van der Waals surface area contributed by atoms with Gasteiger partial charge < -0.3 is 9.53 Å². The van der Waals surface area contributed by atoms with E-state index in [1.807, 2.05) is 32.9 Å². The molecule has 1 fully saturated rings. The Morgan fingerprint density at radius 1 is 1.47 bits per heavy atom. The SMILES string of the molecule is CC(C)(C)OC(=O)N1CC2=CC=CCC2CC1C=O. The van der Waals surface area contributed by atoms with Crippen molar-refractivity contribution in [2.45, 2.75) is 45.3 Å². The lowest BCUT2D eigenvalue weighted by Crippen LogP contribution is -2.49. The van der Waals surface area contributed by atoms with Crippen LogP contribution in [0, 0.1) is 5.92 Å². The molecule has 19 heavy (non-hydrogen) atoms. The van der Waals surface area contributed by atoms with Crippen LogP contribution in [0.5, 0.6) is 0 Å². The highest BCUT2D eigenvalue weighted by molar-refractivity contribution is 5.74. The summed E-state index contributed by atoms with van der Waals surface area (Å²) in [4.78, 5) is 24.9. The maximum atomic E-state index is 12.2. The number of carbonyl (C=O) groups is 2. The average Bonchev–Trinajstić information content (AvgIpc) is 2.35.